The molecule has 2 heterocycles. The lowest BCUT2D eigenvalue weighted by molar-refractivity contribution is 0.240. The zero-order valence-electron chi connectivity index (χ0n) is 8.03. The van der Waals surface area contributed by atoms with Crippen molar-refractivity contribution < 1.29 is 4.39 Å². The van der Waals surface area contributed by atoms with Crippen molar-refractivity contribution in [3.05, 3.63) is 22.4 Å². The predicted octanol–water partition coefficient (Wildman–Crippen LogP) is 1.62. The number of likely N-dealkylation sites (tertiary alicyclic amines) is 1. The van der Waals surface area contributed by atoms with E-state index in [0.717, 1.165) is 6.54 Å². The number of rotatable bonds is 3. The molecule has 2 rings (SSSR count). The van der Waals surface area contributed by atoms with Crippen LogP contribution in [0.1, 0.15) is 11.3 Å². The summed E-state index contributed by atoms with van der Waals surface area (Å²) in [5, 5.41) is 2.05. The monoisotopic (exact) mass is 214 g/mol. The van der Waals surface area contributed by atoms with Gasteiger partial charge < -0.3 is 5.73 Å². The molecule has 0 saturated carbocycles. The lowest BCUT2D eigenvalue weighted by Crippen LogP contribution is -2.34. The van der Waals surface area contributed by atoms with Gasteiger partial charge in [-0.15, -0.1) is 11.3 Å². The van der Waals surface area contributed by atoms with Crippen molar-refractivity contribution in [2.24, 2.45) is 5.73 Å². The summed E-state index contributed by atoms with van der Waals surface area (Å²) in [6.07, 6.45) is -0.0921. The zero-order valence-corrected chi connectivity index (χ0v) is 8.84. The number of halogens is 1. The molecule has 1 aliphatic heterocycles. The standard InChI is InChI=1S/C10H15FN2S/c11-8-4-9(5-12)13(6-8)7-10-2-1-3-14-10/h1-3,8-9H,4-7,12H2/t8-,9+/m1/s1. The third-order valence-electron chi connectivity index (χ3n) is 2.69. The van der Waals surface area contributed by atoms with Crippen LogP contribution in [-0.4, -0.2) is 30.2 Å². The van der Waals surface area contributed by atoms with Crippen LogP contribution in [0.3, 0.4) is 0 Å². The molecule has 4 heteroatoms. The van der Waals surface area contributed by atoms with Crippen LogP contribution >= 0.6 is 11.3 Å². The summed E-state index contributed by atoms with van der Waals surface area (Å²) in [6, 6.07) is 4.34. The van der Waals surface area contributed by atoms with Crippen molar-refractivity contribution in [3.8, 4) is 0 Å². The van der Waals surface area contributed by atoms with E-state index in [0.29, 0.717) is 19.5 Å². The lowest BCUT2D eigenvalue weighted by atomic mass is 10.2. The fourth-order valence-electron chi connectivity index (χ4n) is 1.96. The summed E-state index contributed by atoms with van der Waals surface area (Å²) in [4.78, 5) is 3.44. The normalized spacial score (nSPS) is 28.4. The quantitative estimate of drug-likeness (QED) is 0.828. The fourth-order valence-corrected chi connectivity index (χ4v) is 2.69. The van der Waals surface area contributed by atoms with Crippen molar-refractivity contribution in [1.29, 1.82) is 0 Å². The Labute approximate surface area is 87.5 Å². The van der Waals surface area contributed by atoms with Gasteiger partial charge in [-0.1, -0.05) is 6.07 Å². The summed E-state index contributed by atoms with van der Waals surface area (Å²) in [6.45, 7) is 1.95. The van der Waals surface area contributed by atoms with Crippen LogP contribution in [0.4, 0.5) is 4.39 Å². The SMILES string of the molecule is NC[C@@H]1C[C@@H](F)CN1Cc1cccs1. The molecule has 1 fully saturated rings. The van der Waals surface area contributed by atoms with Gasteiger partial charge in [-0.3, -0.25) is 4.90 Å². The van der Waals surface area contributed by atoms with Gasteiger partial charge in [-0.2, -0.15) is 0 Å². The van der Waals surface area contributed by atoms with Gasteiger partial charge in [0.1, 0.15) is 6.17 Å². The Morgan fingerprint density at radius 2 is 2.50 bits per heavy atom. The number of nitrogens with zero attached hydrogens (tertiary/aromatic N) is 1. The molecule has 0 aliphatic carbocycles. The molecule has 1 aliphatic rings. The Hall–Kier alpha value is -0.450. The largest absolute Gasteiger partial charge is 0.329 e. The molecule has 1 aromatic rings. The minimum atomic E-state index is -0.691. The first kappa shape index (κ1) is 10.1. The third-order valence-corrected chi connectivity index (χ3v) is 3.55. The summed E-state index contributed by atoms with van der Waals surface area (Å²) < 4.78 is 13.1. The van der Waals surface area contributed by atoms with Gasteiger partial charge in [-0.25, -0.2) is 4.39 Å². The first-order valence-electron chi connectivity index (χ1n) is 4.90. The number of hydrogen-bond donors (Lipinski definition) is 1. The Bertz CT molecular complexity index is 276. The lowest BCUT2D eigenvalue weighted by Gasteiger charge is -2.21. The molecular weight excluding hydrogens is 199 g/mol. The molecule has 0 spiro atoms. The van der Waals surface area contributed by atoms with Crippen molar-refractivity contribution >= 4 is 11.3 Å². The van der Waals surface area contributed by atoms with Crippen LogP contribution in [0.5, 0.6) is 0 Å². The molecule has 2 atom stereocenters. The van der Waals surface area contributed by atoms with Gasteiger partial charge in [0.25, 0.3) is 0 Å². The van der Waals surface area contributed by atoms with E-state index in [2.05, 4.69) is 16.3 Å². The van der Waals surface area contributed by atoms with Gasteiger partial charge in [0, 0.05) is 30.6 Å². The van der Waals surface area contributed by atoms with Crippen LogP contribution in [0.25, 0.3) is 0 Å². The van der Waals surface area contributed by atoms with Crippen LogP contribution in [0.2, 0.25) is 0 Å². The van der Waals surface area contributed by atoms with E-state index in [1.54, 1.807) is 11.3 Å². The summed E-state index contributed by atoms with van der Waals surface area (Å²) in [5.74, 6) is 0. The number of alkyl halides is 1. The number of thiophene rings is 1. The van der Waals surface area contributed by atoms with E-state index in [9.17, 15) is 4.39 Å². The molecule has 14 heavy (non-hydrogen) atoms. The van der Waals surface area contributed by atoms with Crippen LogP contribution in [0, 0.1) is 0 Å². The van der Waals surface area contributed by atoms with E-state index >= 15 is 0 Å². The van der Waals surface area contributed by atoms with Gasteiger partial charge in [0.2, 0.25) is 0 Å². The Balaban J connectivity index is 1.97. The van der Waals surface area contributed by atoms with Gasteiger partial charge >= 0.3 is 0 Å². The van der Waals surface area contributed by atoms with Crippen molar-refractivity contribution in [1.82, 2.24) is 4.90 Å². The van der Waals surface area contributed by atoms with E-state index in [1.165, 1.54) is 4.88 Å². The van der Waals surface area contributed by atoms with Gasteiger partial charge in [-0.05, 0) is 17.9 Å². The van der Waals surface area contributed by atoms with Gasteiger partial charge in [0.05, 0.1) is 0 Å². The summed E-state index contributed by atoms with van der Waals surface area (Å²) in [5.41, 5.74) is 5.61. The van der Waals surface area contributed by atoms with Gasteiger partial charge in [0.15, 0.2) is 0 Å². The Morgan fingerprint density at radius 1 is 1.64 bits per heavy atom. The summed E-state index contributed by atoms with van der Waals surface area (Å²) >= 11 is 1.72. The Kier molecular flexibility index (Phi) is 3.15. The molecule has 0 aromatic carbocycles. The average molecular weight is 214 g/mol. The number of nitrogens with two attached hydrogens (primary N) is 1. The fraction of sp³-hybridized carbons (Fsp3) is 0.600. The predicted molar refractivity (Wildman–Crippen MR) is 57.1 cm³/mol. The second kappa shape index (κ2) is 4.38. The highest BCUT2D eigenvalue weighted by Gasteiger charge is 2.30. The highest BCUT2D eigenvalue weighted by Crippen LogP contribution is 2.23. The topological polar surface area (TPSA) is 29.3 Å². The van der Waals surface area contributed by atoms with E-state index in [1.807, 2.05) is 6.07 Å². The minimum absolute atomic E-state index is 0.229. The number of hydrogen-bond acceptors (Lipinski definition) is 3. The highest BCUT2D eigenvalue weighted by molar-refractivity contribution is 7.09. The molecule has 0 radical (unpaired) electrons. The van der Waals surface area contributed by atoms with Crippen molar-refractivity contribution in [2.75, 3.05) is 13.1 Å². The average Bonchev–Trinajstić information content (AvgIpc) is 2.76. The molecule has 0 unspecified atom stereocenters. The van der Waals surface area contributed by atoms with Crippen molar-refractivity contribution in [2.45, 2.75) is 25.2 Å². The smallest absolute Gasteiger partial charge is 0.114 e. The first-order chi connectivity index (χ1) is 6.79. The minimum Gasteiger partial charge on any atom is -0.329 e. The molecular formula is C10H15FN2S. The maximum absolute atomic E-state index is 13.1. The molecule has 1 aromatic heterocycles. The van der Waals surface area contributed by atoms with Crippen LogP contribution in [0.15, 0.2) is 17.5 Å². The van der Waals surface area contributed by atoms with Crippen LogP contribution < -0.4 is 5.73 Å². The molecule has 0 bridgehead atoms. The molecule has 2 nitrogen and oxygen atoms in total. The molecule has 1 saturated heterocycles. The Morgan fingerprint density at radius 3 is 3.14 bits per heavy atom. The second-order valence-electron chi connectivity index (χ2n) is 3.73. The second-order valence-corrected chi connectivity index (χ2v) is 4.76. The summed E-state index contributed by atoms with van der Waals surface area (Å²) in [7, 11) is 0. The highest BCUT2D eigenvalue weighted by atomic mass is 32.1. The van der Waals surface area contributed by atoms with Crippen LogP contribution in [-0.2, 0) is 6.54 Å². The van der Waals surface area contributed by atoms with E-state index in [-0.39, 0.29) is 6.04 Å². The maximum atomic E-state index is 13.1. The first-order valence-corrected chi connectivity index (χ1v) is 5.78. The maximum Gasteiger partial charge on any atom is 0.114 e. The molecule has 2 N–H and O–H groups in total. The molecule has 0 amide bonds. The molecule has 78 valence electrons. The zero-order chi connectivity index (χ0) is 9.97. The van der Waals surface area contributed by atoms with Crippen molar-refractivity contribution in [3.63, 3.8) is 0 Å². The van der Waals surface area contributed by atoms with E-state index < -0.39 is 6.17 Å². The van der Waals surface area contributed by atoms with E-state index in [4.69, 9.17) is 5.73 Å². The third kappa shape index (κ3) is 2.13.